The van der Waals surface area contributed by atoms with Crippen LogP contribution in [0.2, 0.25) is 0 Å². The minimum atomic E-state index is -4.39. The van der Waals surface area contributed by atoms with Crippen molar-refractivity contribution in [1.82, 2.24) is 0 Å². The van der Waals surface area contributed by atoms with Crippen molar-refractivity contribution in [2.24, 2.45) is 0 Å². The van der Waals surface area contributed by atoms with Crippen molar-refractivity contribution in [3.63, 3.8) is 0 Å². The van der Waals surface area contributed by atoms with E-state index >= 15 is 0 Å². The maximum Gasteiger partial charge on any atom is 0.418 e. The molecule has 0 aromatic heterocycles. The Morgan fingerprint density at radius 3 is 2.65 bits per heavy atom. The maximum atomic E-state index is 13.2. The molecular formula is C15H20F3NO. The molecule has 1 aromatic carbocycles. The Morgan fingerprint density at radius 2 is 2.05 bits per heavy atom. The van der Waals surface area contributed by atoms with Gasteiger partial charge in [-0.3, -0.25) is 0 Å². The van der Waals surface area contributed by atoms with Gasteiger partial charge >= 0.3 is 6.18 Å². The van der Waals surface area contributed by atoms with Crippen LogP contribution in [0.5, 0.6) is 0 Å². The molecule has 2 rings (SSSR count). The summed E-state index contributed by atoms with van der Waals surface area (Å²) < 4.78 is 39.7. The summed E-state index contributed by atoms with van der Waals surface area (Å²) in [4.78, 5) is 1.88. The second kappa shape index (κ2) is 6.04. The third-order valence-corrected chi connectivity index (χ3v) is 3.96. The fourth-order valence-corrected chi connectivity index (χ4v) is 2.90. The first-order valence-electron chi connectivity index (χ1n) is 7.05. The Balaban J connectivity index is 2.44. The van der Waals surface area contributed by atoms with Gasteiger partial charge < -0.3 is 10.0 Å². The number of benzene rings is 1. The van der Waals surface area contributed by atoms with Crippen LogP contribution in [0.15, 0.2) is 18.2 Å². The smallest absolute Gasteiger partial charge is 0.392 e. The normalized spacial score (nSPS) is 20.2. The second-order valence-corrected chi connectivity index (χ2v) is 5.26. The summed E-state index contributed by atoms with van der Waals surface area (Å²) in [6, 6.07) is 4.31. The summed E-state index contributed by atoms with van der Waals surface area (Å²) in [5, 5.41) is 9.05. The first-order valence-corrected chi connectivity index (χ1v) is 7.05. The van der Waals surface area contributed by atoms with Gasteiger partial charge in [-0.1, -0.05) is 13.0 Å². The monoisotopic (exact) mass is 287 g/mol. The van der Waals surface area contributed by atoms with E-state index in [1.807, 2.05) is 11.8 Å². The van der Waals surface area contributed by atoms with Crippen LogP contribution in [0.3, 0.4) is 0 Å². The molecule has 1 fully saturated rings. The lowest BCUT2D eigenvalue weighted by molar-refractivity contribution is -0.137. The van der Waals surface area contributed by atoms with Crippen LogP contribution in [0.4, 0.5) is 18.9 Å². The number of halogens is 3. The third-order valence-electron chi connectivity index (χ3n) is 3.96. The fraction of sp³-hybridized carbons (Fsp3) is 0.600. The molecule has 1 N–H and O–H groups in total. The molecule has 0 saturated carbocycles. The van der Waals surface area contributed by atoms with Crippen LogP contribution in [-0.4, -0.2) is 17.7 Å². The molecule has 1 unspecified atom stereocenters. The predicted molar refractivity (Wildman–Crippen MR) is 72.6 cm³/mol. The topological polar surface area (TPSA) is 23.5 Å². The van der Waals surface area contributed by atoms with Crippen molar-refractivity contribution in [1.29, 1.82) is 0 Å². The van der Waals surface area contributed by atoms with E-state index < -0.39 is 11.7 Å². The molecular weight excluding hydrogens is 267 g/mol. The van der Waals surface area contributed by atoms with Crippen molar-refractivity contribution in [3.8, 4) is 0 Å². The van der Waals surface area contributed by atoms with Gasteiger partial charge in [0.15, 0.2) is 0 Å². The van der Waals surface area contributed by atoms with E-state index in [9.17, 15) is 13.2 Å². The van der Waals surface area contributed by atoms with E-state index in [-0.39, 0.29) is 18.3 Å². The number of rotatable bonds is 3. The molecule has 1 saturated heterocycles. The molecule has 0 spiro atoms. The Kier molecular flexibility index (Phi) is 4.58. The zero-order valence-corrected chi connectivity index (χ0v) is 11.6. The van der Waals surface area contributed by atoms with Crippen molar-refractivity contribution < 1.29 is 18.3 Å². The van der Waals surface area contributed by atoms with Crippen molar-refractivity contribution in [2.45, 2.75) is 51.4 Å². The first-order chi connectivity index (χ1) is 9.47. The number of aliphatic hydroxyl groups is 1. The van der Waals surface area contributed by atoms with Crippen LogP contribution < -0.4 is 4.90 Å². The van der Waals surface area contributed by atoms with Gasteiger partial charge in [0, 0.05) is 18.3 Å². The average Bonchev–Trinajstić information content (AvgIpc) is 2.45. The second-order valence-electron chi connectivity index (χ2n) is 5.26. The lowest BCUT2D eigenvalue weighted by atomic mass is 9.97. The number of anilines is 1. The SMILES string of the molecule is CCC1CCCCN1c1ccc(CO)cc1C(F)(F)F. The highest BCUT2D eigenvalue weighted by molar-refractivity contribution is 5.57. The van der Waals surface area contributed by atoms with Gasteiger partial charge in [0.2, 0.25) is 0 Å². The minimum Gasteiger partial charge on any atom is -0.392 e. The minimum absolute atomic E-state index is 0.171. The van der Waals surface area contributed by atoms with Crippen LogP contribution in [-0.2, 0) is 12.8 Å². The molecule has 0 radical (unpaired) electrons. The molecule has 0 amide bonds. The van der Waals surface area contributed by atoms with Gasteiger partial charge in [-0.2, -0.15) is 13.2 Å². The highest BCUT2D eigenvalue weighted by Gasteiger charge is 2.36. The summed E-state index contributed by atoms with van der Waals surface area (Å²) in [6.45, 7) is 2.30. The van der Waals surface area contributed by atoms with Gasteiger partial charge in [0.05, 0.1) is 12.2 Å². The largest absolute Gasteiger partial charge is 0.418 e. The summed E-state index contributed by atoms with van der Waals surface area (Å²) in [7, 11) is 0. The highest BCUT2D eigenvalue weighted by Crippen LogP contribution is 2.39. The number of aliphatic hydroxyl groups excluding tert-OH is 1. The first kappa shape index (κ1) is 15.2. The highest BCUT2D eigenvalue weighted by atomic mass is 19.4. The van der Waals surface area contributed by atoms with E-state index in [1.54, 1.807) is 6.07 Å². The summed E-state index contributed by atoms with van der Waals surface area (Å²) in [5.41, 5.74) is -0.0863. The molecule has 20 heavy (non-hydrogen) atoms. The zero-order chi connectivity index (χ0) is 14.8. The third kappa shape index (κ3) is 3.08. The number of hydrogen-bond acceptors (Lipinski definition) is 2. The molecule has 2 nitrogen and oxygen atoms in total. The van der Waals surface area contributed by atoms with E-state index in [0.717, 1.165) is 31.7 Å². The standard InChI is InChI=1S/C15H20F3NO/c1-2-12-5-3-4-8-19(12)14-7-6-11(10-20)9-13(14)15(16,17)18/h6-7,9,12,20H,2-5,8,10H2,1H3. The fourth-order valence-electron chi connectivity index (χ4n) is 2.90. The molecule has 1 aliphatic rings. The van der Waals surface area contributed by atoms with Gasteiger partial charge in [-0.25, -0.2) is 0 Å². The van der Waals surface area contributed by atoms with Gasteiger partial charge in [-0.05, 0) is 43.4 Å². The van der Waals surface area contributed by atoms with E-state index in [1.165, 1.54) is 6.07 Å². The Hall–Kier alpha value is -1.23. The average molecular weight is 287 g/mol. The van der Waals surface area contributed by atoms with Crippen molar-refractivity contribution in [3.05, 3.63) is 29.3 Å². The maximum absolute atomic E-state index is 13.2. The molecule has 0 bridgehead atoms. The Labute approximate surface area is 117 Å². The summed E-state index contributed by atoms with van der Waals surface area (Å²) in [6.07, 6.45) is -0.606. The molecule has 5 heteroatoms. The van der Waals surface area contributed by atoms with Gasteiger partial charge in [-0.15, -0.1) is 0 Å². The van der Waals surface area contributed by atoms with Crippen LogP contribution in [0, 0.1) is 0 Å². The Bertz CT molecular complexity index is 459. The number of nitrogens with zero attached hydrogens (tertiary/aromatic N) is 1. The van der Waals surface area contributed by atoms with E-state index in [2.05, 4.69) is 0 Å². The molecule has 112 valence electrons. The van der Waals surface area contributed by atoms with Crippen molar-refractivity contribution >= 4 is 5.69 Å². The van der Waals surface area contributed by atoms with E-state index in [4.69, 9.17) is 5.11 Å². The van der Waals surface area contributed by atoms with Crippen LogP contribution >= 0.6 is 0 Å². The molecule has 1 atom stereocenters. The van der Waals surface area contributed by atoms with E-state index in [0.29, 0.717) is 12.1 Å². The lowest BCUT2D eigenvalue weighted by Crippen LogP contribution is -2.40. The number of hydrogen-bond donors (Lipinski definition) is 1. The quantitative estimate of drug-likeness (QED) is 0.909. The van der Waals surface area contributed by atoms with Gasteiger partial charge in [0.25, 0.3) is 0 Å². The van der Waals surface area contributed by atoms with Gasteiger partial charge in [0.1, 0.15) is 0 Å². The van der Waals surface area contributed by atoms with Crippen LogP contribution in [0.1, 0.15) is 43.7 Å². The summed E-state index contributed by atoms with van der Waals surface area (Å²) in [5.74, 6) is 0. The molecule has 0 aliphatic carbocycles. The molecule has 1 heterocycles. The summed E-state index contributed by atoms with van der Waals surface area (Å²) >= 11 is 0. The van der Waals surface area contributed by atoms with Crippen molar-refractivity contribution in [2.75, 3.05) is 11.4 Å². The molecule has 1 aliphatic heterocycles. The predicted octanol–water partition coefficient (Wildman–Crippen LogP) is 3.97. The number of alkyl halides is 3. The number of piperidine rings is 1. The lowest BCUT2D eigenvalue weighted by Gasteiger charge is -2.38. The molecule has 1 aromatic rings. The Morgan fingerprint density at radius 1 is 1.30 bits per heavy atom. The van der Waals surface area contributed by atoms with Crippen LogP contribution in [0.25, 0.3) is 0 Å². The zero-order valence-electron chi connectivity index (χ0n) is 11.6.